The summed E-state index contributed by atoms with van der Waals surface area (Å²) < 4.78 is 5.25. The molecule has 0 aliphatic carbocycles. The Balaban J connectivity index is 1.77. The number of carboxylic acid groups (broad SMARTS) is 1. The van der Waals surface area contributed by atoms with Crippen LogP contribution in [-0.4, -0.2) is 11.1 Å². The zero-order chi connectivity index (χ0) is 14.8. The van der Waals surface area contributed by atoms with E-state index in [1.807, 2.05) is 18.2 Å². The fraction of sp³-hybridized carbons (Fsp3) is 0.118. The van der Waals surface area contributed by atoms with Crippen LogP contribution in [0.15, 0.2) is 57.8 Å². The lowest BCUT2D eigenvalue weighted by atomic mass is 10.2. The van der Waals surface area contributed by atoms with Crippen molar-refractivity contribution in [2.24, 2.45) is 0 Å². The molecular formula is C17H14O3S. The maximum absolute atomic E-state index is 10.9. The zero-order valence-corrected chi connectivity index (χ0v) is 12.3. The lowest BCUT2D eigenvalue weighted by Gasteiger charge is -2.02. The van der Waals surface area contributed by atoms with Crippen molar-refractivity contribution in [3.05, 3.63) is 65.4 Å². The predicted molar refractivity (Wildman–Crippen MR) is 83.9 cm³/mol. The van der Waals surface area contributed by atoms with Crippen molar-refractivity contribution >= 4 is 28.7 Å². The minimum Gasteiger partial charge on any atom is -0.475 e. The molecule has 0 aliphatic heterocycles. The standard InChI is InChI=1S/C17H14O3S/c1-11-2-5-14(6-3-11)21-10-12-4-7-15-13(8-12)9-16(20-15)17(18)19/h2-9H,10H2,1H3,(H,18,19). The second-order valence-corrected chi connectivity index (χ2v) is 5.94. The van der Waals surface area contributed by atoms with E-state index in [-0.39, 0.29) is 5.76 Å². The molecule has 0 fully saturated rings. The second-order valence-electron chi connectivity index (χ2n) is 4.89. The van der Waals surface area contributed by atoms with Gasteiger partial charge in [0.25, 0.3) is 0 Å². The van der Waals surface area contributed by atoms with Crippen molar-refractivity contribution in [3.8, 4) is 0 Å². The van der Waals surface area contributed by atoms with Crippen molar-refractivity contribution < 1.29 is 14.3 Å². The number of thioether (sulfide) groups is 1. The van der Waals surface area contributed by atoms with Gasteiger partial charge in [-0.05, 0) is 42.8 Å². The molecule has 1 heterocycles. The summed E-state index contributed by atoms with van der Waals surface area (Å²) in [6.07, 6.45) is 0. The molecule has 106 valence electrons. The summed E-state index contributed by atoms with van der Waals surface area (Å²) in [4.78, 5) is 12.1. The Bertz CT molecular complexity index is 787. The van der Waals surface area contributed by atoms with E-state index < -0.39 is 5.97 Å². The van der Waals surface area contributed by atoms with Gasteiger partial charge in [0.1, 0.15) is 5.58 Å². The van der Waals surface area contributed by atoms with Gasteiger partial charge >= 0.3 is 5.97 Å². The van der Waals surface area contributed by atoms with Gasteiger partial charge in [0.15, 0.2) is 0 Å². The SMILES string of the molecule is Cc1ccc(SCc2ccc3oc(C(=O)O)cc3c2)cc1. The van der Waals surface area contributed by atoms with Crippen LogP contribution >= 0.6 is 11.8 Å². The molecule has 1 N–H and O–H groups in total. The first-order valence-electron chi connectivity index (χ1n) is 6.57. The Kier molecular flexibility index (Phi) is 3.71. The summed E-state index contributed by atoms with van der Waals surface area (Å²) in [6, 6.07) is 15.8. The van der Waals surface area contributed by atoms with Crippen LogP contribution in [0.25, 0.3) is 11.0 Å². The van der Waals surface area contributed by atoms with Crippen LogP contribution in [-0.2, 0) is 5.75 Å². The number of hydrogen-bond acceptors (Lipinski definition) is 3. The molecule has 2 aromatic carbocycles. The molecular weight excluding hydrogens is 284 g/mol. The Hall–Kier alpha value is -2.20. The molecule has 0 saturated heterocycles. The summed E-state index contributed by atoms with van der Waals surface area (Å²) in [7, 11) is 0. The summed E-state index contributed by atoms with van der Waals surface area (Å²) >= 11 is 1.76. The average molecular weight is 298 g/mol. The number of carboxylic acids is 1. The van der Waals surface area contributed by atoms with Gasteiger partial charge in [0, 0.05) is 16.0 Å². The van der Waals surface area contributed by atoms with Crippen molar-refractivity contribution in [1.29, 1.82) is 0 Å². The van der Waals surface area contributed by atoms with E-state index in [1.54, 1.807) is 17.8 Å². The number of rotatable bonds is 4. The van der Waals surface area contributed by atoms with E-state index in [2.05, 4.69) is 31.2 Å². The van der Waals surface area contributed by atoms with Gasteiger partial charge in [-0.25, -0.2) is 4.79 Å². The highest BCUT2D eigenvalue weighted by atomic mass is 32.2. The monoisotopic (exact) mass is 298 g/mol. The highest BCUT2D eigenvalue weighted by molar-refractivity contribution is 7.98. The Morgan fingerprint density at radius 2 is 1.90 bits per heavy atom. The van der Waals surface area contributed by atoms with E-state index in [0.29, 0.717) is 5.58 Å². The quantitative estimate of drug-likeness (QED) is 0.707. The first-order chi connectivity index (χ1) is 10.1. The number of fused-ring (bicyclic) bond motifs is 1. The molecule has 0 saturated carbocycles. The number of aromatic carboxylic acids is 1. The first-order valence-corrected chi connectivity index (χ1v) is 7.55. The minimum absolute atomic E-state index is 0.0201. The third kappa shape index (κ3) is 3.11. The minimum atomic E-state index is -1.04. The van der Waals surface area contributed by atoms with Gasteiger partial charge in [-0.1, -0.05) is 23.8 Å². The van der Waals surface area contributed by atoms with E-state index in [4.69, 9.17) is 9.52 Å². The summed E-state index contributed by atoms with van der Waals surface area (Å²) in [6.45, 7) is 2.07. The third-order valence-corrected chi connectivity index (χ3v) is 4.30. The Morgan fingerprint density at radius 3 is 2.62 bits per heavy atom. The molecule has 0 atom stereocenters. The topological polar surface area (TPSA) is 50.4 Å². The van der Waals surface area contributed by atoms with Crippen LogP contribution in [0.4, 0.5) is 0 Å². The van der Waals surface area contributed by atoms with Crippen LogP contribution in [0.1, 0.15) is 21.7 Å². The van der Waals surface area contributed by atoms with E-state index in [0.717, 1.165) is 16.7 Å². The van der Waals surface area contributed by atoms with Crippen molar-refractivity contribution in [1.82, 2.24) is 0 Å². The first kappa shape index (κ1) is 13.8. The molecule has 4 heteroatoms. The molecule has 0 aliphatic rings. The van der Waals surface area contributed by atoms with Crippen molar-refractivity contribution in [2.75, 3.05) is 0 Å². The molecule has 0 unspecified atom stereocenters. The lowest BCUT2D eigenvalue weighted by Crippen LogP contribution is -1.91. The van der Waals surface area contributed by atoms with Crippen LogP contribution < -0.4 is 0 Å². The van der Waals surface area contributed by atoms with Gasteiger partial charge in [-0.2, -0.15) is 0 Å². The summed E-state index contributed by atoms with van der Waals surface area (Å²) in [5.74, 6) is -0.220. The van der Waals surface area contributed by atoms with E-state index in [9.17, 15) is 4.79 Å². The molecule has 0 spiro atoms. The maximum Gasteiger partial charge on any atom is 0.371 e. The van der Waals surface area contributed by atoms with Crippen LogP contribution in [0.2, 0.25) is 0 Å². The number of benzene rings is 2. The van der Waals surface area contributed by atoms with Gasteiger partial charge in [-0.3, -0.25) is 0 Å². The van der Waals surface area contributed by atoms with E-state index >= 15 is 0 Å². The van der Waals surface area contributed by atoms with Gasteiger partial charge in [0.2, 0.25) is 5.76 Å². The highest BCUT2D eigenvalue weighted by Gasteiger charge is 2.10. The third-order valence-electron chi connectivity index (χ3n) is 3.22. The number of aryl methyl sites for hydroxylation is 1. The number of carbonyl (C=O) groups is 1. The fourth-order valence-electron chi connectivity index (χ4n) is 2.09. The molecule has 3 nitrogen and oxygen atoms in total. The molecule has 0 radical (unpaired) electrons. The predicted octanol–water partition coefficient (Wildman–Crippen LogP) is 4.73. The van der Waals surface area contributed by atoms with Crippen LogP contribution in [0.5, 0.6) is 0 Å². The molecule has 3 rings (SSSR count). The zero-order valence-electron chi connectivity index (χ0n) is 11.5. The molecule has 3 aromatic rings. The Labute approximate surface area is 126 Å². The summed E-state index contributed by atoms with van der Waals surface area (Å²) in [5, 5.41) is 9.76. The maximum atomic E-state index is 10.9. The molecule has 0 bridgehead atoms. The smallest absolute Gasteiger partial charge is 0.371 e. The Morgan fingerprint density at radius 1 is 1.14 bits per heavy atom. The number of hydrogen-bond donors (Lipinski definition) is 1. The lowest BCUT2D eigenvalue weighted by molar-refractivity contribution is 0.0665. The average Bonchev–Trinajstić information content (AvgIpc) is 2.90. The van der Waals surface area contributed by atoms with Crippen molar-refractivity contribution in [3.63, 3.8) is 0 Å². The van der Waals surface area contributed by atoms with E-state index in [1.165, 1.54) is 10.5 Å². The molecule has 21 heavy (non-hydrogen) atoms. The van der Waals surface area contributed by atoms with Gasteiger partial charge < -0.3 is 9.52 Å². The molecule has 0 amide bonds. The number of furan rings is 1. The molecule has 1 aromatic heterocycles. The van der Waals surface area contributed by atoms with Gasteiger partial charge in [0.05, 0.1) is 0 Å². The normalized spacial score (nSPS) is 10.9. The summed E-state index contributed by atoms with van der Waals surface area (Å²) in [5.41, 5.74) is 3.00. The fourth-order valence-corrected chi connectivity index (χ4v) is 2.93. The highest BCUT2D eigenvalue weighted by Crippen LogP contribution is 2.26. The van der Waals surface area contributed by atoms with Crippen molar-refractivity contribution in [2.45, 2.75) is 17.6 Å². The largest absolute Gasteiger partial charge is 0.475 e. The van der Waals surface area contributed by atoms with Crippen LogP contribution in [0, 0.1) is 6.92 Å². The van der Waals surface area contributed by atoms with Gasteiger partial charge in [-0.15, -0.1) is 11.8 Å². The second kappa shape index (κ2) is 5.66. The van der Waals surface area contributed by atoms with Crippen LogP contribution in [0.3, 0.4) is 0 Å².